The summed E-state index contributed by atoms with van der Waals surface area (Å²) in [6.07, 6.45) is 2.08. The number of benzene rings is 4. The number of thioether (sulfide) groups is 1. The van der Waals surface area contributed by atoms with Crippen molar-refractivity contribution in [3.63, 3.8) is 0 Å². The first-order valence-electron chi connectivity index (χ1n) is 12.9. The van der Waals surface area contributed by atoms with Gasteiger partial charge >= 0.3 is 0 Å². The molecule has 4 aromatic carbocycles. The number of unbranched alkanes of at least 4 members (excludes halogenated alkanes) is 1. The van der Waals surface area contributed by atoms with E-state index in [1.54, 1.807) is 12.1 Å². The van der Waals surface area contributed by atoms with Gasteiger partial charge in [0, 0.05) is 16.3 Å². The van der Waals surface area contributed by atoms with E-state index in [0.717, 1.165) is 29.1 Å². The topological polar surface area (TPSA) is 76.7 Å². The van der Waals surface area contributed by atoms with Crippen molar-refractivity contribution in [2.24, 2.45) is 0 Å². The lowest BCUT2D eigenvalue weighted by Gasteiger charge is -2.18. The van der Waals surface area contributed by atoms with Crippen molar-refractivity contribution in [3.05, 3.63) is 115 Å². The fourth-order valence-corrected chi connectivity index (χ4v) is 4.72. The van der Waals surface area contributed by atoms with Crippen LogP contribution in [0.1, 0.15) is 30.6 Å². The van der Waals surface area contributed by atoms with E-state index >= 15 is 0 Å². The molecule has 2 N–H and O–H groups in total. The minimum Gasteiger partial charge on any atom is -0.494 e. The molecule has 6 nitrogen and oxygen atoms in total. The predicted octanol–water partition coefficient (Wildman–Crippen LogP) is 7.36. The number of carbonyl (C=O) groups is 2. The van der Waals surface area contributed by atoms with Crippen molar-refractivity contribution in [3.8, 4) is 11.5 Å². The van der Waals surface area contributed by atoms with Crippen LogP contribution in [-0.4, -0.2) is 25.0 Å². The van der Waals surface area contributed by atoms with E-state index in [1.807, 2.05) is 97.1 Å². The van der Waals surface area contributed by atoms with Crippen LogP contribution >= 0.6 is 11.8 Å². The number of carbonyl (C=O) groups excluding carboxylic acids is 2. The third kappa shape index (κ3) is 8.93. The number of rotatable bonds is 13. The van der Waals surface area contributed by atoms with Gasteiger partial charge in [-0.1, -0.05) is 61.9 Å². The van der Waals surface area contributed by atoms with E-state index in [1.165, 1.54) is 11.8 Å². The molecule has 0 aliphatic carbocycles. The molecule has 0 aliphatic rings. The van der Waals surface area contributed by atoms with Crippen molar-refractivity contribution in [2.45, 2.75) is 29.9 Å². The molecule has 1 unspecified atom stereocenters. The molecule has 0 radical (unpaired) electrons. The van der Waals surface area contributed by atoms with Gasteiger partial charge in [0.1, 0.15) is 16.7 Å². The Bertz CT molecular complexity index is 1310. The van der Waals surface area contributed by atoms with Gasteiger partial charge < -0.3 is 20.1 Å². The maximum atomic E-state index is 13.4. The quantitative estimate of drug-likeness (QED) is 0.137. The fourth-order valence-electron chi connectivity index (χ4n) is 3.69. The Hall–Kier alpha value is -4.23. The fraction of sp³-hybridized carbons (Fsp3) is 0.188. The van der Waals surface area contributed by atoms with Crippen LogP contribution in [0.3, 0.4) is 0 Å². The molecule has 0 spiro atoms. The molecular formula is C32H32N2O4S. The zero-order valence-corrected chi connectivity index (χ0v) is 22.7. The van der Waals surface area contributed by atoms with Crippen LogP contribution in [0.5, 0.6) is 11.5 Å². The van der Waals surface area contributed by atoms with Crippen LogP contribution in [0, 0.1) is 0 Å². The molecule has 1 atom stereocenters. The predicted molar refractivity (Wildman–Crippen MR) is 158 cm³/mol. The lowest BCUT2D eigenvalue weighted by molar-refractivity contribution is -0.118. The lowest BCUT2D eigenvalue weighted by atomic mass is 10.1. The molecule has 0 aliphatic heterocycles. The third-order valence-corrected chi connectivity index (χ3v) is 7.00. The minimum atomic E-state index is -0.466. The van der Waals surface area contributed by atoms with Crippen molar-refractivity contribution >= 4 is 35.0 Å². The summed E-state index contributed by atoms with van der Waals surface area (Å²) in [5.74, 6) is 1.05. The molecule has 7 heteroatoms. The second-order valence-corrected chi connectivity index (χ2v) is 9.98. The minimum absolute atomic E-state index is 0.0807. The number of hydrogen-bond acceptors (Lipinski definition) is 5. The Balaban J connectivity index is 1.37. The van der Waals surface area contributed by atoms with E-state index in [0.29, 0.717) is 23.7 Å². The van der Waals surface area contributed by atoms with Crippen molar-refractivity contribution in [1.82, 2.24) is 0 Å². The molecule has 0 bridgehead atoms. The van der Waals surface area contributed by atoms with E-state index in [4.69, 9.17) is 9.47 Å². The van der Waals surface area contributed by atoms with Gasteiger partial charge in [-0.25, -0.2) is 0 Å². The zero-order valence-electron chi connectivity index (χ0n) is 21.8. The number of ether oxygens (including phenoxy) is 2. The van der Waals surface area contributed by atoms with Crippen LogP contribution in [0.4, 0.5) is 11.4 Å². The first-order valence-corrected chi connectivity index (χ1v) is 13.8. The Labute approximate surface area is 233 Å². The highest BCUT2D eigenvalue weighted by molar-refractivity contribution is 8.00. The number of para-hydroxylation sites is 1. The van der Waals surface area contributed by atoms with Crippen LogP contribution in [-0.2, 0) is 9.59 Å². The van der Waals surface area contributed by atoms with Gasteiger partial charge in [-0.2, -0.15) is 0 Å². The van der Waals surface area contributed by atoms with Gasteiger partial charge in [0.15, 0.2) is 6.61 Å². The first-order chi connectivity index (χ1) is 19.1. The average molecular weight is 541 g/mol. The molecule has 39 heavy (non-hydrogen) atoms. The molecule has 4 rings (SSSR count). The average Bonchev–Trinajstić information content (AvgIpc) is 2.97. The molecule has 200 valence electrons. The van der Waals surface area contributed by atoms with Crippen LogP contribution in [0.15, 0.2) is 114 Å². The standard InChI is InChI=1S/C32H32N2O4S/c1-2-3-22-37-28-18-14-26(15-19-28)34-32(36)31(24-10-6-4-7-11-24)39-29-20-16-25(17-21-29)33-30(35)23-38-27-12-8-5-9-13-27/h4-21,31H,2-3,22-23H2,1H3,(H,33,35)(H,34,36). The molecule has 0 saturated heterocycles. The van der Waals surface area contributed by atoms with E-state index in [2.05, 4.69) is 17.6 Å². The van der Waals surface area contributed by atoms with Crippen molar-refractivity contribution in [2.75, 3.05) is 23.8 Å². The normalized spacial score (nSPS) is 11.3. The third-order valence-electron chi connectivity index (χ3n) is 5.73. The van der Waals surface area contributed by atoms with E-state index in [-0.39, 0.29) is 18.4 Å². The number of nitrogens with one attached hydrogen (secondary N) is 2. The summed E-state index contributed by atoms with van der Waals surface area (Å²) < 4.78 is 11.2. The van der Waals surface area contributed by atoms with Gasteiger partial charge in [-0.3, -0.25) is 9.59 Å². The lowest BCUT2D eigenvalue weighted by Crippen LogP contribution is -2.20. The monoisotopic (exact) mass is 540 g/mol. The summed E-state index contributed by atoms with van der Waals surface area (Å²) in [5, 5.41) is 5.41. The Morgan fingerprint density at radius 2 is 1.31 bits per heavy atom. The second-order valence-electron chi connectivity index (χ2n) is 8.80. The summed E-state index contributed by atoms with van der Waals surface area (Å²) >= 11 is 1.45. The summed E-state index contributed by atoms with van der Waals surface area (Å²) in [4.78, 5) is 26.6. The van der Waals surface area contributed by atoms with Crippen LogP contribution in [0.2, 0.25) is 0 Å². The molecule has 4 aromatic rings. The molecule has 0 heterocycles. The SMILES string of the molecule is CCCCOc1ccc(NC(=O)C(Sc2ccc(NC(=O)COc3ccccc3)cc2)c2ccccc2)cc1. The van der Waals surface area contributed by atoms with Crippen molar-refractivity contribution < 1.29 is 19.1 Å². The Morgan fingerprint density at radius 3 is 1.97 bits per heavy atom. The van der Waals surface area contributed by atoms with Gasteiger partial charge in [-0.15, -0.1) is 11.8 Å². The number of hydrogen-bond donors (Lipinski definition) is 2. The molecular weight excluding hydrogens is 508 g/mol. The van der Waals surface area contributed by atoms with Crippen molar-refractivity contribution in [1.29, 1.82) is 0 Å². The van der Waals surface area contributed by atoms with E-state index < -0.39 is 5.25 Å². The summed E-state index contributed by atoms with van der Waals surface area (Å²) in [5.41, 5.74) is 2.26. The van der Waals surface area contributed by atoms with Gasteiger partial charge in [0.25, 0.3) is 5.91 Å². The highest BCUT2D eigenvalue weighted by atomic mass is 32.2. The molecule has 0 aromatic heterocycles. The largest absolute Gasteiger partial charge is 0.494 e. The summed E-state index contributed by atoms with van der Waals surface area (Å²) in [6.45, 7) is 2.72. The Kier molecular flexibility index (Phi) is 10.4. The maximum absolute atomic E-state index is 13.4. The van der Waals surface area contributed by atoms with E-state index in [9.17, 15) is 9.59 Å². The maximum Gasteiger partial charge on any atom is 0.262 e. The molecule has 0 fully saturated rings. The number of amides is 2. The van der Waals surface area contributed by atoms with Crippen LogP contribution in [0.25, 0.3) is 0 Å². The van der Waals surface area contributed by atoms with Gasteiger partial charge in [-0.05, 0) is 72.6 Å². The first kappa shape index (κ1) is 27.8. The summed E-state index contributed by atoms with van der Waals surface area (Å²) in [7, 11) is 0. The second kappa shape index (κ2) is 14.6. The number of anilines is 2. The Morgan fingerprint density at radius 1 is 0.718 bits per heavy atom. The zero-order chi connectivity index (χ0) is 27.3. The molecule has 2 amide bonds. The smallest absolute Gasteiger partial charge is 0.262 e. The summed E-state index contributed by atoms with van der Waals surface area (Å²) in [6, 6.07) is 33.7. The highest BCUT2D eigenvalue weighted by Crippen LogP contribution is 2.37. The highest BCUT2D eigenvalue weighted by Gasteiger charge is 2.22. The van der Waals surface area contributed by atoms with Gasteiger partial charge in [0.05, 0.1) is 6.61 Å². The van der Waals surface area contributed by atoms with Crippen LogP contribution < -0.4 is 20.1 Å². The molecule has 0 saturated carbocycles. The van der Waals surface area contributed by atoms with Gasteiger partial charge in [0.2, 0.25) is 5.91 Å².